The number of benzene rings is 1. The Bertz CT molecular complexity index is 336. The Morgan fingerprint density at radius 1 is 1.50 bits per heavy atom. The van der Waals surface area contributed by atoms with Gasteiger partial charge in [0, 0.05) is 17.3 Å². The fourth-order valence-electron chi connectivity index (χ4n) is 1.26. The number of hydrogen-bond acceptors (Lipinski definition) is 1. The summed E-state index contributed by atoms with van der Waals surface area (Å²) >= 11 is 3.29. The molecule has 0 aliphatic carbocycles. The molecule has 0 heterocycles. The molecule has 14 heavy (non-hydrogen) atoms. The summed E-state index contributed by atoms with van der Waals surface area (Å²) in [5.41, 5.74) is 0.725. The van der Waals surface area contributed by atoms with Crippen molar-refractivity contribution in [2.24, 2.45) is 0 Å². The molecule has 1 nitrogen and oxygen atoms in total. The molecule has 0 amide bonds. The zero-order valence-electron chi connectivity index (χ0n) is 8.02. The van der Waals surface area contributed by atoms with Gasteiger partial charge in [0.25, 0.3) is 0 Å². The number of carbonyl (C=O) groups is 1. The fraction of sp³-hybridized carbons (Fsp3) is 0.364. The van der Waals surface area contributed by atoms with Gasteiger partial charge in [-0.25, -0.2) is 4.39 Å². The Morgan fingerprint density at radius 2 is 2.21 bits per heavy atom. The van der Waals surface area contributed by atoms with E-state index >= 15 is 0 Å². The van der Waals surface area contributed by atoms with E-state index in [1.807, 2.05) is 6.92 Å². The van der Waals surface area contributed by atoms with Crippen molar-refractivity contribution in [3.63, 3.8) is 0 Å². The Hall–Kier alpha value is -0.700. The van der Waals surface area contributed by atoms with Crippen LogP contribution < -0.4 is 0 Å². The Morgan fingerprint density at radius 3 is 2.86 bits per heavy atom. The van der Waals surface area contributed by atoms with Crippen LogP contribution in [-0.4, -0.2) is 5.78 Å². The summed E-state index contributed by atoms with van der Waals surface area (Å²) in [4.78, 5) is 11.3. The zero-order valence-corrected chi connectivity index (χ0v) is 9.60. The molecule has 0 spiro atoms. The van der Waals surface area contributed by atoms with Crippen LogP contribution in [0, 0.1) is 5.82 Å². The molecule has 0 fully saturated rings. The molecule has 1 rings (SSSR count). The van der Waals surface area contributed by atoms with Crippen LogP contribution >= 0.6 is 15.9 Å². The maximum Gasteiger partial charge on any atom is 0.137 e. The van der Waals surface area contributed by atoms with Crippen LogP contribution in [0.15, 0.2) is 22.7 Å². The molecule has 0 saturated carbocycles. The van der Waals surface area contributed by atoms with E-state index in [1.165, 1.54) is 12.1 Å². The van der Waals surface area contributed by atoms with Crippen LogP contribution in [0.4, 0.5) is 4.39 Å². The van der Waals surface area contributed by atoms with Crippen molar-refractivity contribution < 1.29 is 9.18 Å². The van der Waals surface area contributed by atoms with Gasteiger partial charge in [-0.2, -0.15) is 0 Å². The summed E-state index contributed by atoms with van der Waals surface area (Å²) in [7, 11) is 0. The van der Waals surface area contributed by atoms with Gasteiger partial charge in [0.1, 0.15) is 11.6 Å². The van der Waals surface area contributed by atoms with Gasteiger partial charge in [-0.3, -0.25) is 4.79 Å². The molecule has 0 bridgehead atoms. The first-order valence-electron chi connectivity index (χ1n) is 4.59. The molecule has 0 atom stereocenters. The number of Topliss-reactive ketones (excluding diaryl/α,β-unsaturated/α-hetero) is 1. The van der Waals surface area contributed by atoms with E-state index in [0.717, 1.165) is 16.5 Å². The monoisotopic (exact) mass is 258 g/mol. The Balaban J connectivity index is 2.75. The lowest BCUT2D eigenvalue weighted by atomic mass is 10.1. The molecule has 0 aliphatic heterocycles. The highest BCUT2D eigenvalue weighted by Crippen LogP contribution is 2.19. The van der Waals surface area contributed by atoms with E-state index in [9.17, 15) is 9.18 Å². The first-order valence-corrected chi connectivity index (χ1v) is 5.38. The van der Waals surface area contributed by atoms with Crippen molar-refractivity contribution in [2.45, 2.75) is 26.2 Å². The number of hydrogen-bond donors (Lipinski definition) is 0. The lowest BCUT2D eigenvalue weighted by molar-refractivity contribution is -0.118. The second kappa shape index (κ2) is 5.25. The molecule has 0 radical (unpaired) electrons. The van der Waals surface area contributed by atoms with Gasteiger partial charge < -0.3 is 0 Å². The Labute approximate surface area is 91.5 Å². The van der Waals surface area contributed by atoms with Crippen LogP contribution in [-0.2, 0) is 11.2 Å². The van der Waals surface area contributed by atoms with Gasteiger partial charge in [0.15, 0.2) is 0 Å². The minimum absolute atomic E-state index is 0.152. The quantitative estimate of drug-likeness (QED) is 0.808. The lowest BCUT2D eigenvalue weighted by Crippen LogP contribution is -2.02. The van der Waals surface area contributed by atoms with Crippen LogP contribution in [0.2, 0.25) is 0 Å². The third-order valence-corrected chi connectivity index (χ3v) is 2.70. The summed E-state index contributed by atoms with van der Waals surface area (Å²) in [5, 5.41) is 0. The summed E-state index contributed by atoms with van der Waals surface area (Å²) in [5.74, 6) is -0.147. The Kier molecular flexibility index (Phi) is 4.26. The third-order valence-electron chi connectivity index (χ3n) is 1.92. The molecule has 1 aromatic rings. The molecule has 0 aromatic heterocycles. The highest BCUT2D eigenvalue weighted by Gasteiger charge is 2.06. The second-order valence-corrected chi connectivity index (χ2v) is 4.06. The van der Waals surface area contributed by atoms with Crippen molar-refractivity contribution in [1.82, 2.24) is 0 Å². The highest BCUT2D eigenvalue weighted by molar-refractivity contribution is 9.10. The van der Waals surface area contributed by atoms with Crippen molar-refractivity contribution in [3.05, 3.63) is 34.1 Å². The van der Waals surface area contributed by atoms with Crippen LogP contribution in [0.1, 0.15) is 25.3 Å². The van der Waals surface area contributed by atoms with E-state index in [-0.39, 0.29) is 11.6 Å². The minimum atomic E-state index is -0.299. The molecule has 1 aromatic carbocycles. The number of halogens is 2. The maximum absolute atomic E-state index is 12.9. The normalized spacial score (nSPS) is 10.2. The van der Waals surface area contributed by atoms with Crippen molar-refractivity contribution in [1.29, 1.82) is 0 Å². The van der Waals surface area contributed by atoms with Gasteiger partial charge in [-0.05, 0) is 30.2 Å². The minimum Gasteiger partial charge on any atom is -0.299 e. The number of carbonyl (C=O) groups excluding carboxylic acids is 1. The summed E-state index contributed by atoms with van der Waals surface area (Å²) < 4.78 is 13.6. The topological polar surface area (TPSA) is 17.1 Å². The highest BCUT2D eigenvalue weighted by atomic mass is 79.9. The standard InChI is InChI=1S/C11H12BrFO/c1-2-3-10(14)7-8-6-9(13)4-5-11(8)12/h4-6H,2-3,7H2,1H3. The van der Waals surface area contributed by atoms with Crippen molar-refractivity contribution >= 4 is 21.7 Å². The van der Waals surface area contributed by atoms with Crippen molar-refractivity contribution in [2.75, 3.05) is 0 Å². The molecule has 0 aliphatic rings. The summed E-state index contributed by atoms with van der Waals surface area (Å²) in [6, 6.07) is 4.40. The smallest absolute Gasteiger partial charge is 0.137 e. The average molecular weight is 259 g/mol. The number of ketones is 1. The lowest BCUT2D eigenvalue weighted by Gasteiger charge is -2.03. The molecule has 3 heteroatoms. The largest absolute Gasteiger partial charge is 0.299 e. The van der Waals surface area contributed by atoms with Gasteiger partial charge in [0.05, 0.1) is 0 Å². The second-order valence-electron chi connectivity index (χ2n) is 3.20. The van der Waals surface area contributed by atoms with E-state index in [2.05, 4.69) is 15.9 Å². The van der Waals surface area contributed by atoms with Crippen LogP contribution in [0.25, 0.3) is 0 Å². The number of rotatable bonds is 4. The predicted molar refractivity (Wildman–Crippen MR) is 57.7 cm³/mol. The van der Waals surface area contributed by atoms with Crippen molar-refractivity contribution in [3.8, 4) is 0 Å². The molecule has 0 saturated heterocycles. The van der Waals surface area contributed by atoms with E-state index in [1.54, 1.807) is 6.07 Å². The van der Waals surface area contributed by atoms with Gasteiger partial charge in [-0.1, -0.05) is 22.9 Å². The van der Waals surface area contributed by atoms with Crippen LogP contribution in [0.3, 0.4) is 0 Å². The SMILES string of the molecule is CCCC(=O)Cc1cc(F)ccc1Br. The average Bonchev–Trinajstić information content (AvgIpc) is 2.12. The summed E-state index contributed by atoms with van der Waals surface area (Å²) in [6.45, 7) is 1.96. The first-order chi connectivity index (χ1) is 6.63. The van der Waals surface area contributed by atoms with Gasteiger partial charge >= 0.3 is 0 Å². The predicted octanol–water partition coefficient (Wildman–Crippen LogP) is 3.50. The third kappa shape index (κ3) is 3.22. The maximum atomic E-state index is 12.9. The molecular weight excluding hydrogens is 247 g/mol. The van der Waals surface area contributed by atoms with Gasteiger partial charge in [0.2, 0.25) is 0 Å². The molecule has 0 unspecified atom stereocenters. The van der Waals surface area contributed by atoms with E-state index in [4.69, 9.17) is 0 Å². The molecule has 76 valence electrons. The fourth-order valence-corrected chi connectivity index (χ4v) is 1.65. The van der Waals surface area contributed by atoms with E-state index in [0.29, 0.717) is 12.8 Å². The van der Waals surface area contributed by atoms with Gasteiger partial charge in [-0.15, -0.1) is 0 Å². The van der Waals surface area contributed by atoms with Crippen LogP contribution in [0.5, 0.6) is 0 Å². The molecule has 0 N–H and O–H groups in total. The van der Waals surface area contributed by atoms with E-state index < -0.39 is 0 Å². The molecular formula is C11H12BrFO. The first kappa shape index (κ1) is 11.4. The summed E-state index contributed by atoms with van der Waals surface area (Å²) in [6.07, 6.45) is 1.71. The zero-order chi connectivity index (χ0) is 10.6.